The van der Waals surface area contributed by atoms with Gasteiger partial charge in [0.1, 0.15) is 13.2 Å². The fourth-order valence-electron chi connectivity index (χ4n) is 1.97. The van der Waals surface area contributed by atoms with E-state index in [1.54, 1.807) is 0 Å². The van der Waals surface area contributed by atoms with Gasteiger partial charge in [-0.05, 0) is 44.5 Å². The van der Waals surface area contributed by atoms with Crippen LogP contribution < -0.4 is 14.8 Å². The molecule has 1 aromatic carbocycles. The molecule has 2 rings (SSSR count). The van der Waals surface area contributed by atoms with Crippen molar-refractivity contribution in [2.45, 2.75) is 26.4 Å². The molecule has 1 aromatic rings. The molecule has 0 amide bonds. The summed E-state index contributed by atoms with van der Waals surface area (Å²) in [7, 11) is 0. The maximum atomic E-state index is 11.3. The highest BCUT2D eigenvalue weighted by Gasteiger charge is 2.11. The maximum Gasteiger partial charge on any atom is 0.320 e. The number of esters is 1. The normalized spacial score (nSPS) is 13.3. The second-order valence-corrected chi connectivity index (χ2v) is 4.94. The molecule has 0 saturated heterocycles. The van der Waals surface area contributed by atoms with Crippen LogP contribution in [0.3, 0.4) is 0 Å². The molecule has 0 spiro atoms. The minimum absolute atomic E-state index is 0.0675. The minimum Gasteiger partial charge on any atom is -0.486 e. The van der Waals surface area contributed by atoms with E-state index in [0.717, 1.165) is 23.5 Å². The largest absolute Gasteiger partial charge is 0.486 e. The molecule has 0 saturated carbocycles. The van der Waals surface area contributed by atoms with Crippen molar-refractivity contribution in [2.75, 3.05) is 26.3 Å². The predicted molar refractivity (Wildman–Crippen MR) is 75.2 cm³/mol. The Labute approximate surface area is 119 Å². The van der Waals surface area contributed by atoms with Gasteiger partial charge in [0, 0.05) is 0 Å². The quantitative estimate of drug-likeness (QED) is 0.632. The number of nitrogens with one attached hydrogen (secondary N) is 1. The van der Waals surface area contributed by atoms with Crippen LogP contribution in [0, 0.1) is 0 Å². The molecule has 5 nitrogen and oxygen atoms in total. The van der Waals surface area contributed by atoms with Gasteiger partial charge in [-0.1, -0.05) is 6.07 Å². The van der Waals surface area contributed by atoms with E-state index in [2.05, 4.69) is 5.32 Å². The molecule has 5 heteroatoms. The summed E-state index contributed by atoms with van der Waals surface area (Å²) < 4.78 is 16.0. The van der Waals surface area contributed by atoms with Crippen LogP contribution in [0.4, 0.5) is 0 Å². The molecule has 1 aliphatic rings. The van der Waals surface area contributed by atoms with Crippen molar-refractivity contribution >= 4 is 5.97 Å². The lowest BCUT2D eigenvalue weighted by atomic mass is 10.1. The first kappa shape index (κ1) is 14.7. The van der Waals surface area contributed by atoms with Gasteiger partial charge in [-0.2, -0.15) is 0 Å². The Morgan fingerprint density at radius 2 is 2.05 bits per heavy atom. The first-order valence-electron chi connectivity index (χ1n) is 6.94. The van der Waals surface area contributed by atoms with Crippen molar-refractivity contribution < 1.29 is 19.0 Å². The lowest BCUT2D eigenvalue weighted by Crippen LogP contribution is -2.28. The highest BCUT2D eigenvalue weighted by molar-refractivity contribution is 5.71. The van der Waals surface area contributed by atoms with Crippen LogP contribution in [-0.4, -0.2) is 38.4 Å². The number of fused-ring (bicyclic) bond motifs is 1. The molecule has 0 atom stereocenters. The molecule has 0 bridgehead atoms. The zero-order valence-electron chi connectivity index (χ0n) is 12.0. The molecule has 0 aromatic heterocycles. The van der Waals surface area contributed by atoms with E-state index >= 15 is 0 Å². The second kappa shape index (κ2) is 7.14. The van der Waals surface area contributed by atoms with E-state index < -0.39 is 0 Å². The Hall–Kier alpha value is -1.75. The van der Waals surface area contributed by atoms with Crippen LogP contribution in [0.15, 0.2) is 18.2 Å². The van der Waals surface area contributed by atoms with Crippen LogP contribution in [0.25, 0.3) is 0 Å². The Bertz CT molecular complexity index is 459. The van der Waals surface area contributed by atoms with Gasteiger partial charge in [-0.15, -0.1) is 0 Å². The number of rotatable bonds is 6. The third-order valence-corrected chi connectivity index (χ3v) is 2.83. The average Bonchev–Trinajstić information content (AvgIpc) is 2.43. The summed E-state index contributed by atoms with van der Waals surface area (Å²) in [5.74, 6) is 1.38. The summed E-state index contributed by atoms with van der Waals surface area (Å²) in [5, 5.41) is 3.07. The summed E-state index contributed by atoms with van der Waals surface area (Å²) in [6.45, 7) is 5.83. The molecule has 110 valence electrons. The molecule has 1 heterocycles. The monoisotopic (exact) mass is 279 g/mol. The fraction of sp³-hybridized carbons (Fsp3) is 0.533. The van der Waals surface area contributed by atoms with E-state index in [1.807, 2.05) is 32.0 Å². The lowest BCUT2D eigenvalue weighted by Gasteiger charge is -2.18. The molecular formula is C15H21NO4. The zero-order chi connectivity index (χ0) is 14.4. The highest BCUT2D eigenvalue weighted by atomic mass is 16.6. The zero-order valence-corrected chi connectivity index (χ0v) is 12.0. The van der Waals surface area contributed by atoms with Gasteiger partial charge in [0.25, 0.3) is 0 Å². The van der Waals surface area contributed by atoms with Crippen molar-refractivity contribution in [1.29, 1.82) is 0 Å². The lowest BCUT2D eigenvalue weighted by molar-refractivity contribution is -0.146. The predicted octanol–water partition coefficient (Wildman–Crippen LogP) is 1.54. The molecular weight excluding hydrogens is 258 g/mol. The molecule has 1 N–H and O–H groups in total. The average molecular weight is 279 g/mol. The van der Waals surface area contributed by atoms with Gasteiger partial charge >= 0.3 is 5.97 Å². The highest BCUT2D eigenvalue weighted by Crippen LogP contribution is 2.30. The number of ether oxygens (including phenoxy) is 3. The van der Waals surface area contributed by atoms with Crippen LogP contribution in [0.1, 0.15) is 19.4 Å². The maximum absolute atomic E-state index is 11.3. The third-order valence-electron chi connectivity index (χ3n) is 2.83. The first-order valence-corrected chi connectivity index (χ1v) is 6.94. The molecule has 0 radical (unpaired) electrons. The number of benzene rings is 1. The Morgan fingerprint density at radius 3 is 2.80 bits per heavy atom. The van der Waals surface area contributed by atoms with E-state index in [0.29, 0.717) is 19.8 Å². The Morgan fingerprint density at radius 1 is 1.30 bits per heavy atom. The number of hydrogen-bond acceptors (Lipinski definition) is 5. The molecule has 1 aliphatic heterocycles. The van der Waals surface area contributed by atoms with Crippen molar-refractivity contribution in [3.05, 3.63) is 23.8 Å². The van der Waals surface area contributed by atoms with Gasteiger partial charge in [0.15, 0.2) is 11.5 Å². The van der Waals surface area contributed by atoms with Crippen molar-refractivity contribution in [1.82, 2.24) is 5.32 Å². The number of carbonyl (C=O) groups excluding carboxylic acids is 1. The summed E-state index contributed by atoms with van der Waals surface area (Å²) >= 11 is 0. The number of hydrogen-bond donors (Lipinski definition) is 1. The van der Waals surface area contributed by atoms with Gasteiger partial charge in [-0.3, -0.25) is 4.79 Å². The van der Waals surface area contributed by atoms with E-state index in [1.165, 1.54) is 0 Å². The van der Waals surface area contributed by atoms with Gasteiger partial charge in [0.05, 0.1) is 12.6 Å². The Kier molecular flexibility index (Phi) is 5.24. The van der Waals surface area contributed by atoms with E-state index in [4.69, 9.17) is 14.2 Å². The SMILES string of the molecule is CC(C)OC(=O)CNCCc1ccc2c(c1)OCCO2. The van der Waals surface area contributed by atoms with Gasteiger partial charge in [0.2, 0.25) is 0 Å². The van der Waals surface area contributed by atoms with Crippen molar-refractivity contribution in [3.8, 4) is 11.5 Å². The van der Waals surface area contributed by atoms with Crippen molar-refractivity contribution in [3.63, 3.8) is 0 Å². The van der Waals surface area contributed by atoms with Gasteiger partial charge in [-0.25, -0.2) is 0 Å². The topological polar surface area (TPSA) is 56.8 Å². The van der Waals surface area contributed by atoms with E-state index in [9.17, 15) is 4.79 Å². The minimum atomic E-state index is -0.220. The van der Waals surface area contributed by atoms with Crippen LogP contribution in [0.2, 0.25) is 0 Å². The molecule has 20 heavy (non-hydrogen) atoms. The summed E-state index contributed by atoms with van der Waals surface area (Å²) in [5.41, 5.74) is 1.15. The fourth-order valence-corrected chi connectivity index (χ4v) is 1.97. The molecule has 0 aliphatic carbocycles. The number of carbonyl (C=O) groups is 1. The smallest absolute Gasteiger partial charge is 0.320 e. The Balaban J connectivity index is 1.73. The third kappa shape index (κ3) is 4.42. The van der Waals surface area contributed by atoms with Crippen LogP contribution >= 0.6 is 0 Å². The van der Waals surface area contributed by atoms with Crippen LogP contribution in [0.5, 0.6) is 11.5 Å². The molecule has 0 unspecified atom stereocenters. The second-order valence-electron chi connectivity index (χ2n) is 4.94. The molecule has 0 fully saturated rings. The first-order chi connectivity index (χ1) is 9.65. The van der Waals surface area contributed by atoms with Crippen molar-refractivity contribution in [2.24, 2.45) is 0 Å². The summed E-state index contributed by atoms with van der Waals surface area (Å²) in [6, 6.07) is 5.93. The summed E-state index contributed by atoms with van der Waals surface area (Å²) in [4.78, 5) is 11.3. The summed E-state index contributed by atoms with van der Waals surface area (Å²) in [6.07, 6.45) is 0.757. The van der Waals surface area contributed by atoms with Gasteiger partial charge < -0.3 is 19.5 Å². The van der Waals surface area contributed by atoms with E-state index in [-0.39, 0.29) is 18.6 Å². The standard InChI is InChI=1S/C15H21NO4/c1-11(2)20-15(17)10-16-6-5-12-3-4-13-14(9-12)19-8-7-18-13/h3-4,9,11,16H,5-8,10H2,1-2H3. The van der Waals surface area contributed by atoms with Crippen LogP contribution in [-0.2, 0) is 16.0 Å².